The van der Waals surface area contributed by atoms with Crippen LogP contribution in [0.2, 0.25) is 0 Å². The summed E-state index contributed by atoms with van der Waals surface area (Å²) in [5, 5.41) is 0. The summed E-state index contributed by atoms with van der Waals surface area (Å²) >= 11 is 0. The molecule has 1 amide bonds. The van der Waals surface area contributed by atoms with Crippen molar-refractivity contribution in [3.8, 4) is 11.5 Å². The van der Waals surface area contributed by atoms with E-state index in [0.29, 0.717) is 36.8 Å². The van der Waals surface area contributed by atoms with Gasteiger partial charge in [0.1, 0.15) is 12.2 Å². The molecule has 4 aromatic rings. The Bertz CT molecular complexity index is 1610. The number of carbonyl (C=O) groups excluding carboxylic acids is 1. The van der Waals surface area contributed by atoms with Gasteiger partial charge in [0, 0.05) is 18.9 Å². The predicted octanol–water partition coefficient (Wildman–Crippen LogP) is 6.88. The van der Waals surface area contributed by atoms with Crippen LogP contribution >= 0.6 is 0 Å². The first kappa shape index (κ1) is 29.0. The predicted molar refractivity (Wildman–Crippen MR) is 150 cm³/mol. The Morgan fingerprint density at radius 3 is 2.50 bits per heavy atom. The van der Waals surface area contributed by atoms with Crippen molar-refractivity contribution in [3.63, 3.8) is 0 Å². The van der Waals surface area contributed by atoms with Gasteiger partial charge in [-0.25, -0.2) is 14.8 Å². The molecule has 8 nitrogen and oxygen atoms in total. The molecule has 5 rings (SSSR count). The van der Waals surface area contributed by atoms with Gasteiger partial charge in [-0.3, -0.25) is 9.30 Å². The number of hydrogen-bond donors (Lipinski definition) is 0. The SMILES string of the molecule is COc1cc2c(cc1OCc1ccccc1)CCN(C(=O)OC(C)(C)C)C2/C=C/c1cnc2ncc(C(F)(F)F)cn12. The number of benzene rings is 2. The number of ether oxygens (including phenoxy) is 3. The molecule has 0 aliphatic carbocycles. The van der Waals surface area contributed by atoms with Crippen molar-refractivity contribution < 1.29 is 32.2 Å². The van der Waals surface area contributed by atoms with Crippen LogP contribution in [0, 0.1) is 0 Å². The van der Waals surface area contributed by atoms with E-state index in [1.165, 1.54) is 10.6 Å². The number of carbonyl (C=O) groups is 1. The average Bonchev–Trinajstić information content (AvgIpc) is 3.35. The van der Waals surface area contributed by atoms with E-state index in [1.807, 2.05) is 42.5 Å². The third kappa shape index (κ3) is 6.35. The maximum Gasteiger partial charge on any atom is 0.419 e. The summed E-state index contributed by atoms with van der Waals surface area (Å²) in [5.41, 5.74) is 1.50. The molecule has 220 valence electrons. The number of halogens is 3. The van der Waals surface area contributed by atoms with E-state index in [1.54, 1.807) is 44.9 Å². The van der Waals surface area contributed by atoms with Gasteiger partial charge in [-0.05, 0) is 62.1 Å². The summed E-state index contributed by atoms with van der Waals surface area (Å²) in [7, 11) is 1.54. The van der Waals surface area contributed by atoms with Crippen LogP contribution in [0.25, 0.3) is 11.9 Å². The standard InChI is InChI=1S/C31H31F3N4O4/c1-30(2,3)42-29(39)37-13-12-21-14-27(41-19-20-8-6-5-7-9-20)26(40-4)15-24(21)25(37)11-10-23-17-36-28-35-16-22(18-38(23)28)31(32,33)34/h5-11,14-18,25H,12-13,19H2,1-4H3/b11-10+. The van der Waals surface area contributed by atoms with Crippen molar-refractivity contribution in [2.45, 2.75) is 51.6 Å². The lowest BCUT2D eigenvalue weighted by molar-refractivity contribution is -0.138. The molecular formula is C31H31F3N4O4. The lowest BCUT2D eigenvalue weighted by Gasteiger charge is -2.37. The summed E-state index contributed by atoms with van der Waals surface area (Å²) in [6, 6.07) is 12.9. The second kappa shape index (κ2) is 11.4. The molecular weight excluding hydrogens is 549 g/mol. The maximum absolute atomic E-state index is 13.4. The molecule has 1 atom stereocenters. The van der Waals surface area contributed by atoms with E-state index in [0.717, 1.165) is 29.1 Å². The zero-order chi connectivity index (χ0) is 30.1. The Kier molecular flexibility index (Phi) is 7.85. The fraction of sp³-hybridized carbons (Fsp3) is 0.323. The van der Waals surface area contributed by atoms with E-state index in [2.05, 4.69) is 9.97 Å². The van der Waals surface area contributed by atoms with E-state index in [9.17, 15) is 18.0 Å². The van der Waals surface area contributed by atoms with Crippen LogP contribution in [-0.4, -0.2) is 44.6 Å². The van der Waals surface area contributed by atoms with E-state index >= 15 is 0 Å². The third-order valence-corrected chi connectivity index (χ3v) is 6.74. The van der Waals surface area contributed by atoms with Gasteiger partial charge in [-0.15, -0.1) is 0 Å². The molecule has 0 fully saturated rings. The minimum Gasteiger partial charge on any atom is -0.493 e. The van der Waals surface area contributed by atoms with Gasteiger partial charge in [0.25, 0.3) is 0 Å². The summed E-state index contributed by atoms with van der Waals surface area (Å²) in [4.78, 5) is 22.9. The number of alkyl halides is 3. The Balaban J connectivity index is 1.52. The molecule has 2 aromatic heterocycles. The molecule has 0 N–H and O–H groups in total. The lowest BCUT2D eigenvalue weighted by atomic mass is 9.91. The van der Waals surface area contributed by atoms with Gasteiger partial charge in [0.2, 0.25) is 5.78 Å². The van der Waals surface area contributed by atoms with Crippen molar-refractivity contribution in [2.75, 3.05) is 13.7 Å². The van der Waals surface area contributed by atoms with Gasteiger partial charge >= 0.3 is 12.3 Å². The zero-order valence-corrected chi connectivity index (χ0v) is 23.7. The molecule has 3 heterocycles. The smallest absolute Gasteiger partial charge is 0.419 e. The summed E-state index contributed by atoms with van der Waals surface area (Å²) in [6.07, 6.45) is 1.99. The summed E-state index contributed by atoms with van der Waals surface area (Å²) in [5.74, 6) is 1.18. The first-order chi connectivity index (χ1) is 19.9. The molecule has 42 heavy (non-hydrogen) atoms. The highest BCUT2D eigenvalue weighted by atomic mass is 19.4. The molecule has 0 radical (unpaired) electrons. The van der Waals surface area contributed by atoms with Crippen molar-refractivity contribution in [1.29, 1.82) is 0 Å². The fourth-order valence-electron chi connectivity index (χ4n) is 4.75. The molecule has 1 aliphatic heterocycles. The molecule has 0 bridgehead atoms. The van der Waals surface area contributed by atoms with Crippen LogP contribution in [0.15, 0.2) is 67.1 Å². The Hall–Kier alpha value is -4.54. The van der Waals surface area contributed by atoms with E-state index in [-0.39, 0.29) is 5.78 Å². The first-order valence-electron chi connectivity index (χ1n) is 13.4. The topological polar surface area (TPSA) is 78.2 Å². The van der Waals surface area contributed by atoms with Crippen LogP contribution in [0.3, 0.4) is 0 Å². The van der Waals surface area contributed by atoms with Gasteiger partial charge in [0.05, 0.1) is 30.6 Å². The van der Waals surface area contributed by atoms with Crippen LogP contribution in [0.5, 0.6) is 11.5 Å². The average molecular weight is 581 g/mol. The molecule has 1 aliphatic rings. The summed E-state index contributed by atoms with van der Waals surface area (Å²) in [6.45, 7) is 6.07. The van der Waals surface area contributed by atoms with Crippen LogP contribution in [-0.2, 0) is 23.9 Å². The van der Waals surface area contributed by atoms with Crippen LogP contribution in [0.4, 0.5) is 18.0 Å². The van der Waals surface area contributed by atoms with Crippen LogP contribution < -0.4 is 9.47 Å². The number of amides is 1. The monoisotopic (exact) mass is 580 g/mol. The molecule has 0 saturated heterocycles. The molecule has 0 saturated carbocycles. The third-order valence-electron chi connectivity index (χ3n) is 6.74. The van der Waals surface area contributed by atoms with Gasteiger partial charge in [-0.2, -0.15) is 13.2 Å². The number of imidazole rings is 1. The first-order valence-corrected chi connectivity index (χ1v) is 13.4. The number of rotatable bonds is 6. The highest BCUT2D eigenvalue weighted by Gasteiger charge is 2.34. The lowest BCUT2D eigenvalue weighted by Crippen LogP contribution is -2.42. The number of fused-ring (bicyclic) bond motifs is 2. The fourth-order valence-corrected chi connectivity index (χ4v) is 4.75. The molecule has 1 unspecified atom stereocenters. The molecule has 11 heteroatoms. The quantitative estimate of drug-likeness (QED) is 0.247. The van der Waals surface area contributed by atoms with Gasteiger partial charge in [0.15, 0.2) is 11.5 Å². The largest absolute Gasteiger partial charge is 0.493 e. The Morgan fingerprint density at radius 1 is 1.07 bits per heavy atom. The van der Waals surface area contributed by atoms with Gasteiger partial charge in [-0.1, -0.05) is 36.4 Å². The minimum absolute atomic E-state index is 0.123. The van der Waals surface area contributed by atoms with Gasteiger partial charge < -0.3 is 14.2 Å². The maximum atomic E-state index is 13.4. The molecule has 2 aromatic carbocycles. The highest BCUT2D eigenvalue weighted by molar-refractivity contribution is 5.71. The number of hydrogen-bond acceptors (Lipinski definition) is 6. The van der Waals surface area contributed by atoms with Crippen LogP contribution in [0.1, 0.15) is 54.8 Å². The number of aromatic nitrogens is 3. The molecule has 0 spiro atoms. The number of methoxy groups -OCH3 is 1. The van der Waals surface area contributed by atoms with E-state index < -0.39 is 29.5 Å². The Labute approximate surface area is 241 Å². The minimum atomic E-state index is -4.56. The zero-order valence-electron chi connectivity index (χ0n) is 23.7. The van der Waals surface area contributed by atoms with Crippen molar-refractivity contribution in [3.05, 3.63) is 95.1 Å². The second-order valence-corrected chi connectivity index (χ2v) is 10.9. The summed E-state index contributed by atoms with van der Waals surface area (Å²) < 4.78 is 58.8. The highest BCUT2D eigenvalue weighted by Crippen LogP contribution is 2.40. The normalized spacial score (nSPS) is 15.6. The van der Waals surface area contributed by atoms with Crippen molar-refractivity contribution >= 4 is 17.9 Å². The Morgan fingerprint density at radius 2 is 1.81 bits per heavy atom. The number of nitrogens with zero attached hydrogens (tertiary/aromatic N) is 4. The van der Waals surface area contributed by atoms with Crippen molar-refractivity contribution in [2.24, 2.45) is 0 Å². The second-order valence-electron chi connectivity index (χ2n) is 10.9. The van der Waals surface area contributed by atoms with E-state index in [4.69, 9.17) is 14.2 Å². The van der Waals surface area contributed by atoms with Crippen molar-refractivity contribution in [1.82, 2.24) is 19.3 Å².